The number of hydrogen-bond acceptors (Lipinski definition) is 6. The molecule has 0 bridgehead atoms. The molecule has 2 aromatic carbocycles. The van der Waals surface area contributed by atoms with Crippen LogP contribution in [0.4, 0.5) is 0 Å². The van der Waals surface area contributed by atoms with E-state index < -0.39 is 5.97 Å². The van der Waals surface area contributed by atoms with E-state index in [1.807, 2.05) is 24.3 Å². The lowest BCUT2D eigenvalue weighted by molar-refractivity contribution is -0.137. The quantitative estimate of drug-likeness (QED) is 0.850. The number of ether oxygens (including phenoxy) is 5. The van der Waals surface area contributed by atoms with Gasteiger partial charge in [0.15, 0.2) is 23.0 Å². The van der Waals surface area contributed by atoms with E-state index in [9.17, 15) is 9.90 Å². The van der Waals surface area contributed by atoms with E-state index >= 15 is 0 Å². The van der Waals surface area contributed by atoms with Crippen LogP contribution in [-0.2, 0) is 11.2 Å². The molecule has 2 aliphatic rings. The number of rotatable bonds is 6. The Kier molecular flexibility index (Phi) is 4.20. The maximum atomic E-state index is 11.5. The third-order valence-electron chi connectivity index (χ3n) is 4.50. The lowest BCUT2D eigenvalue weighted by Crippen LogP contribution is -2.11. The number of carbonyl (C=O) groups is 1. The van der Waals surface area contributed by atoms with E-state index in [1.165, 1.54) is 0 Å². The highest BCUT2D eigenvalue weighted by Crippen LogP contribution is 2.43. The van der Waals surface area contributed by atoms with E-state index in [4.69, 9.17) is 23.7 Å². The summed E-state index contributed by atoms with van der Waals surface area (Å²) in [5.41, 5.74) is 1.73. The monoisotopic (exact) mass is 358 g/mol. The molecule has 0 aromatic heterocycles. The van der Waals surface area contributed by atoms with Gasteiger partial charge in [0.25, 0.3) is 0 Å². The van der Waals surface area contributed by atoms with Gasteiger partial charge in [-0.05, 0) is 30.2 Å². The fourth-order valence-electron chi connectivity index (χ4n) is 3.29. The molecule has 2 aliphatic heterocycles. The highest BCUT2D eigenvalue weighted by molar-refractivity contribution is 5.69. The molecule has 2 heterocycles. The van der Waals surface area contributed by atoms with E-state index in [1.54, 1.807) is 13.2 Å². The Hall–Kier alpha value is -3.09. The predicted octanol–water partition coefficient (Wildman–Crippen LogP) is 2.95. The Morgan fingerprint density at radius 3 is 2.38 bits per heavy atom. The minimum Gasteiger partial charge on any atom is -0.496 e. The molecule has 0 amide bonds. The largest absolute Gasteiger partial charge is 0.496 e. The maximum Gasteiger partial charge on any atom is 0.303 e. The van der Waals surface area contributed by atoms with Gasteiger partial charge in [-0.3, -0.25) is 4.79 Å². The number of hydrogen-bond donors (Lipinski definition) is 1. The molecule has 0 radical (unpaired) electrons. The van der Waals surface area contributed by atoms with Gasteiger partial charge in [0.1, 0.15) is 5.75 Å². The van der Waals surface area contributed by atoms with Gasteiger partial charge in [-0.15, -0.1) is 0 Å². The van der Waals surface area contributed by atoms with Gasteiger partial charge in [0, 0.05) is 17.5 Å². The van der Waals surface area contributed by atoms with Crippen LogP contribution in [0.3, 0.4) is 0 Å². The Morgan fingerprint density at radius 2 is 1.69 bits per heavy atom. The van der Waals surface area contributed by atoms with Crippen molar-refractivity contribution in [2.45, 2.75) is 18.8 Å². The summed E-state index contributed by atoms with van der Waals surface area (Å²) in [4.78, 5) is 11.5. The van der Waals surface area contributed by atoms with Crippen LogP contribution in [0.25, 0.3) is 0 Å². The summed E-state index contributed by atoms with van der Waals surface area (Å²) >= 11 is 0. The standard InChI is InChI=1S/C19H18O7/c1-22-15-8-18-17(25-10-26-18)7-13(15)12(6-19(20)21)4-11-2-3-14-16(5-11)24-9-23-14/h2-3,5,7-8,12H,4,6,9-10H2,1H3,(H,20,21). The smallest absolute Gasteiger partial charge is 0.303 e. The van der Waals surface area contributed by atoms with Crippen molar-refractivity contribution in [2.24, 2.45) is 0 Å². The van der Waals surface area contributed by atoms with E-state index in [-0.39, 0.29) is 25.9 Å². The van der Waals surface area contributed by atoms with Gasteiger partial charge in [-0.25, -0.2) is 0 Å². The van der Waals surface area contributed by atoms with Crippen molar-refractivity contribution in [2.75, 3.05) is 20.7 Å². The van der Waals surface area contributed by atoms with Crippen molar-refractivity contribution >= 4 is 5.97 Å². The van der Waals surface area contributed by atoms with E-state index in [0.717, 1.165) is 11.1 Å². The third kappa shape index (κ3) is 3.08. The number of carboxylic acids is 1. The average Bonchev–Trinajstić information content (AvgIpc) is 3.27. The molecule has 0 spiro atoms. The molecule has 26 heavy (non-hydrogen) atoms. The summed E-state index contributed by atoms with van der Waals surface area (Å²) in [5, 5.41) is 9.39. The normalized spacial score (nSPS) is 15.0. The molecule has 2 aromatic rings. The first-order valence-corrected chi connectivity index (χ1v) is 8.22. The third-order valence-corrected chi connectivity index (χ3v) is 4.50. The predicted molar refractivity (Wildman–Crippen MR) is 90.4 cm³/mol. The summed E-state index contributed by atoms with van der Waals surface area (Å²) in [7, 11) is 1.55. The van der Waals surface area contributed by atoms with Crippen LogP contribution < -0.4 is 23.7 Å². The van der Waals surface area contributed by atoms with Crippen molar-refractivity contribution in [1.29, 1.82) is 0 Å². The molecule has 1 atom stereocenters. The molecular weight excluding hydrogens is 340 g/mol. The molecule has 0 saturated carbocycles. The minimum atomic E-state index is -0.879. The highest BCUT2D eigenvalue weighted by atomic mass is 16.7. The molecule has 1 unspecified atom stereocenters. The Labute approximate surface area is 150 Å². The molecule has 1 N–H and O–H groups in total. The van der Waals surface area contributed by atoms with Gasteiger partial charge >= 0.3 is 5.97 Å². The van der Waals surface area contributed by atoms with Crippen LogP contribution in [0.15, 0.2) is 30.3 Å². The summed E-state index contributed by atoms with van der Waals surface area (Å²) < 4.78 is 27.0. The van der Waals surface area contributed by atoms with Crippen LogP contribution in [0.1, 0.15) is 23.5 Å². The topological polar surface area (TPSA) is 83.5 Å². The number of aliphatic carboxylic acids is 1. The Bertz CT molecular complexity index is 846. The van der Waals surface area contributed by atoms with Crippen molar-refractivity contribution in [3.05, 3.63) is 41.5 Å². The van der Waals surface area contributed by atoms with Gasteiger partial charge in [0.2, 0.25) is 13.6 Å². The second-order valence-electron chi connectivity index (χ2n) is 6.13. The van der Waals surface area contributed by atoms with Gasteiger partial charge in [-0.1, -0.05) is 6.07 Å². The molecule has 7 heteroatoms. The first-order chi connectivity index (χ1) is 12.6. The summed E-state index contributed by atoms with van der Waals surface area (Å²) in [5.74, 6) is 1.98. The number of benzene rings is 2. The molecular formula is C19H18O7. The molecule has 0 fully saturated rings. The van der Waals surface area contributed by atoms with Gasteiger partial charge < -0.3 is 28.8 Å². The average molecular weight is 358 g/mol. The zero-order valence-corrected chi connectivity index (χ0v) is 14.2. The van der Waals surface area contributed by atoms with E-state index in [0.29, 0.717) is 35.2 Å². The van der Waals surface area contributed by atoms with Gasteiger partial charge in [-0.2, -0.15) is 0 Å². The molecule has 0 aliphatic carbocycles. The van der Waals surface area contributed by atoms with Crippen LogP contribution in [0.5, 0.6) is 28.7 Å². The SMILES string of the molecule is COc1cc2c(cc1C(CC(=O)O)Cc1ccc3c(c1)OCO3)OCO2. The number of carboxylic acid groups (broad SMARTS) is 1. The first kappa shape index (κ1) is 16.4. The van der Waals surface area contributed by atoms with Crippen LogP contribution in [0, 0.1) is 0 Å². The lowest BCUT2D eigenvalue weighted by Gasteiger charge is -2.19. The van der Waals surface area contributed by atoms with Crippen molar-refractivity contribution in [3.63, 3.8) is 0 Å². The molecule has 7 nitrogen and oxygen atoms in total. The second-order valence-corrected chi connectivity index (χ2v) is 6.13. The van der Waals surface area contributed by atoms with Crippen LogP contribution >= 0.6 is 0 Å². The van der Waals surface area contributed by atoms with Gasteiger partial charge in [0.05, 0.1) is 13.5 Å². The van der Waals surface area contributed by atoms with Crippen molar-refractivity contribution in [3.8, 4) is 28.7 Å². The minimum absolute atomic E-state index is 0.0373. The Morgan fingerprint density at radius 1 is 1.04 bits per heavy atom. The number of methoxy groups -OCH3 is 1. The summed E-state index contributed by atoms with van der Waals surface area (Å²) in [6.07, 6.45) is 0.476. The van der Waals surface area contributed by atoms with Crippen LogP contribution in [0.2, 0.25) is 0 Å². The molecule has 0 saturated heterocycles. The summed E-state index contributed by atoms with van der Waals surface area (Å²) in [6, 6.07) is 9.19. The summed E-state index contributed by atoms with van der Waals surface area (Å²) in [6.45, 7) is 0.348. The zero-order chi connectivity index (χ0) is 18.1. The van der Waals surface area contributed by atoms with Crippen LogP contribution in [-0.4, -0.2) is 31.8 Å². The van der Waals surface area contributed by atoms with Crippen molar-refractivity contribution in [1.82, 2.24) is 0 Å². The van der Waals surface area contributed by atoms with Crippen molar-refractivity contribution < 1.29 is 33.6 Å². The fourth-order valence-corrected chi connectivity index (χ4v) is 3.29. The second kappa shape index (κ2) is 6.67. The highest BCUT2D eigenvalue weighted by Gasteiger charge is 2.25. The number of fused-ring (bicyclic) bond motifs is 2. The Balaban J connectivity index is 1.68. The molecule has 136 valence electrons. The lowest BCUT2D eigenvalue weighted by atomic mass is 9.88. The first-order valence-electron chi connectivity index (χ1n) is 8.22. The fraction of sp³-hybridized carbons (Fsp3) is 0.316. The van der Waals surface area contributed by atoms with E-state index in [2.05, 4.69) is 0 Å². The maximum absolute atomic E-state index is 11.5. The molecule has 4 rings (SSSR count). The zero-order valence-electron chi connectivity index (χ0n) is 14.2.